The third-order valence-electron chi connectivity index (χ3n) is 3.72. The Morgan fingerprint density at radius 2 is 1.85 bits per heavy atom. The van der Waals surface area contributed by atoms with Gasteiger partial charge < -0.3 is 9.47 Å². The second-order valence-corrected chi connectivity index (χ2v) is 5.33. The van der Waals surface area contributed by atoms with E-state index in [-0.39, 0.29) is 11.5 Å². The van der Waals surface area contributed by atoms with E-state index < -0.39 is 23.8 Å². The van der Waals surface area contributed by atoms with Crippen LogP contribution in [0.2, 0.25) is 0 Å². The van der Waals surface area contributed by atoms with Crippen molar-refractivity contribution < 1.29 is 23.9 Å². The van der Waals surface area contributed by atoms with Crippen molar-refractivity contribution in [3.63, 3.8) is 0 Å². The molecule has 27 heavy (non-hydrogen) atoms. The van der Waals surface area contributed by atoms with Crippen molar-refractivity contribution in [2.24, 2.45) is 10.9 Å². The number of carbonyl (C=O) groups excluding carboxylic acids is 3. The van der Waals surface area contributed by atoms with Crippen LogP contribution in [0.5, 0.6) is 11.6 Å². The van der Waals surface area contributed by atoms with Crippen LogP contribution in [0.4, 0.5) is 16.3 Å². The van der Waals surface area contributed by atoms with Gasteiger partial charge in [-0.3, -0.25) is 14.9 Å². The summed E-state index contributed by atoms with van der Waals surface area (Å²) < 4.78 is 10.1. The summed E-state index contributed by atoms with van der Waals surface area (Å²) in [4.78, 5) is 41.9. The van der Waals surface area contributed by atoms with Gasteiger partial charge >= 0.3 is 6.03 Å². The number of hydrogen-bond acceptors (Lipinski definition) is 8. The highest BCUT2D eigenvalue weighted by atomic mass is 16.5. The quantitative estimate of drug-likeness (QED) is 0.618. The smallest absolute Gasteiger partial charge is 0.335 e. The Hall–Kier alpha value is -3.82. The summed E-state index contributed by atoms with van der Waals surface area (Å²) in [5.41, 5.74) is 0.220. The molecule has 0 unspecified atom stereocenters. The standard InChI is InChI=1S/C17H15N5O5/c1-26-12-6-4-3-5-11(12)22-16(24)10(15(23)19-17(22)25)9-18-13-7-8-14(27-2)21-20-13/h3-10H,1-2H3,(H,19,23,25)/t10-/m0/s1. The number of barbiturate groups is 1. The lowest BCUT2D eigenvalue weighted by Gasteiger charge is -2.29. The van der Waals surface area contributed by atoms with Crippen LogP contribution in [0.15, 0.2) is 41.4 Å². The minimum atomic E-state index is -1.31. The predicted molar refractivity (Wildman–Crippen MR) is 94.2 cm³/mol. The van der Waals surface area contributed by atoms with E-state index >= 15 is 0 Å². The van der Waals surface area contributed by atoms with Crippen LogP contribution in [-0.2, 0) is 9.59 Å². The van der Waals surface area contributed by atoms with Gasteiger partial charge in [-0.2, -0.15) is 0 Å². The minimum absolute atomic E-state index is 0.178. The monoisotopic (exact) mass is 369 g/mol. The molecular formula is C17H15N5O5. The average molecular weight is 369 g/mol. The zero-order valence-electron chi connectivity index (χ0n) is 14.4. The van der Waals surface area contributed by atoms with Gasteiger partial charge in [0, 0.05) is 12.3 Å². The number of para-hydroxylation sites is 2. The lowest BCUT2D eigenvalue weighted by atomic mass is 10.1. The number of rotatable bonds is 5. The minimum Gasteiger partial charge on any atom is -0.495 e. The molecule has 2 heterocycles. The fourth-order valence-corrected chi connectivity index (χ4v) is 2.41. The van der Waals surface area contributed by atoms with Crippen molar-refractivity contribution in [1.82, 2.24) is 15.5 Å². The molecule has 1 fully saturated rings. The lowest BCUT2D eigenvalue weighted by Crippen LogP contribution is -2.58. The van der Waals surface area contributed by atoms with Crippen molar-refractivity contribution in [1.29, 1.82) is 0 Å². The maximum absolute atomic E-state index is 12.8. The largest absolute Gasteiger partial charge is 0.495 e. The topological polar surface area (TPSA) is 123 Å². The van der Waals surface area contributed by atoms with E-state index in [1.807, 2.05) is 0 Å². The molecule has 138 valence electrons. The lowest BCUT2D eigenvalue weighted by molar-refractivity contribution is -0.131. The highest BCUT2D eigenvalue weighted by Crippen LogP contribution is 2.30. The first kappa shape index (κ1) is 18.0. The van der Waals surface area contributed by atoms with Crippen molar-refractivity contribution in [3.05, 3.63) is 36.4 Å². The number of anilines is 1. The summed E-state index contributed by atoms with van der Waals surface area (Å²) in [6.45, 7) is 0. The van der Waals surface area contributed by atoms with Crippen LogP contribution < -0.4 is 19.7 Å². The zero-order valence-corrected chi connectivity index (χ0v) is 14.4. The summed E-state index contributed by atoms with van der Waals surface area (Å²) in [5.74, 6) is -2.05. The van der Waals surface area contributed by atoms with Crippen molar-refractivity contribution in [2.45, 2.75) is 0 Å². The molecule has 3 rings (SSSR count). The van der Waals surface area contributed by atoms with Crippen molar-refractivity contribution in [2.75, 3.05) is 19.1 Å². The summed E-state index contributed by atoms with van der Waals surface area (Å²) in [5, 5.41) is 9.67. The van der Waals surface area contributed by atoms with Gasteiger partial charge in [-0.25, -0.2) is 14.7 Å². The summed E-state index contributed by atoms with van der Waals surface area (Å²) >= 11 is 0. The van der Waals surface area contributed by atoms with Gasteiger partial charge in [0.2, 0.25) is 11.8 Å². The Morgan fingerprint density at radius 3 is 2.52 bits per heavy atom. The molecular weight excluding hydrogens is 354 g/mol. The number of carbonyl (C=O) groups is 3. The Balaban J connectivity index is 1.89. The molecule has 0 saturated carbocycles. The van der Waals surface area contributed by atoms with E-state index in [0.29, 0.717) is 11.6 Å². The summed E-state index contributed by atoms with van der Waals surface area (Å²) in [6, 6.07) is 8.66. The Bertz CT molecular complexity index is 912. The molecule has 1 saturated heterocycles. The predicted octanol–water partition coefficient (Wildman–Crippen LogP) is 1.10. The maximum Gasteiger partial charge on any atom is 0.335 e. The Labute approximate surface area is 153 Å². The number of imide groups is 2. The van der Waals surface area contributed by atoms with Crippen molar-refractivity contribution >= 4 is 35.6 Å². The van der Waals surface area contributed by atoms with Gasteiger partial charge in [0.15, 0.2) is 11.7 Å². The molecule has 1 N–H and O–H groups in total. The number of aromatic nitrogens is 2. The summed E-state index contributed by atoms with van der Waals surface area (Å²) in [6.07, 6.45) is 1.11. The van der Waals surface area contributed by atoms with E-state index in [4.69, 9.17) is 9.47 Å². The molecule has 1 atom stereocenters. The van der Waals surface area contributed by atoms with Crippen LogP contribution >= 0.6 is 0 Å². The molecule has 0 radical (unpaired) electrons. The molecule has 0 bridgehead atoms. The SMILES string of the molecule is COc1ccc(N=C[C@H]2C(=O)NC(=O)N(c3ccccc3OC)C2=O)nn1. The number of ether oxygens (including phenoxy) is 2. The van der Waals surface area contributed by atoms with Gasteiger partial charge in [0.25, 0.3) is 5.91 Å². The normalized spacial score (nSPS) is 17.2. The van der Waals surface area contributed by atoms with Crippen molar-refractivity contribution in [3.8, 4) is 11.6 Å². The molecule has 2 aromatic rings. The fraction of sp³-hybridized carbons (Fsp3) is 0.176. The van der Waals surface area contributed by atoms with Gasteiger partial charge in [0.05, 0.1) is 19.9 Å². The number of nitrogens with zero attached hydrogens (tertiary/aromatic N) is 4. The average Bonchev–Trinajstić information content (AvgIpc) is 2.68. The highest BCUT2D eigenvalue weighted by molar-refractivity contribution is 6.33. The second-order valence-electron chi connectivity index (χ2n) is 5.33. The van der Waals surface area contributed by atoms with Gasteiger partial charge in [0.1, 0.15) is 5.75 Å². The van der Waals surface area contributed by atoms with Gasteiger partial charge in [-0.05, 0) is 18.2 Å². The number of nitrogens with one attached hydrogen (secondary N) is 1. The number of aliphatic imine (C=N–C) groups is 1. The molecule has 1 aromatic heterocycles. The molecule has 0 aliphatic carbocycles. The molecule has 4 amide bonds. The van der Waals surface area contributed by atoms with Crippen LogP contribution in [0.1, 0.15) is 0 Å². The molecule has 1 aromatic carbocycles. The number of urea groups is 1. The maximum atomic E-state index is 12.8. The zero-order chi connectivity index (χ0) is 19.4. The van der Waals surface area contributed by atoms with Gasteiger partial charge in [-0.15, -0.1) is 10.2 Å². The first-order chi connectivity index (χ1) is 13.0. The third kappa shape index (κ3) is 3.59. The fourth-order valence-electron chi connectivity index (χ4n) is 2.41. The molecule has 1 aliphatic rings. The van der Waals surface area contributed by atoms with E-state index in [2.05, 4.69) is 20.5 Å². The number of amides is 4. The number of methoxy groups -OCH3 is 2. The van der Waals surface area contributed by atoms with E-state index in [9.17, 15) is 14.4 Å². The number of hydrogen-bond donors (Lipinski definition) is 1. The van der Waals surface area contributed by atoms with Crippen LogP contribution in [-0.4, -0.2) is 48.5 Å². The Morgan fingerprint density at radius 1 is 1.07 bits per heavy atom. The van der Waals surface area contributed by atoms with E-state index in [0.717, 1.165) is 11.1 Å². The highest BCUT2D eigenvalue weighted by Gasteiger charge is 2.41. The molecule has 0 spiro atoms. The second kappa shape index (κ2) is 7.60. The molecule has 10 heteroatoms. The summed E-state index contributed by atoms with van der Waals surface area (Å²) in [7, 11) is 2.86. The molecule has 10 nitrogen and oxygen atoms in total. The van der Waals surface area contributed by atoms with Crippen LogP contribution in [0.3, 0.4) is 0 Å². The molecule has 1 aliphatic heterocycles. The van der Waals surface area contributed by atoms with Gasteiger partial charge in [-0.1, -0.05) is 12.1 Å². The van der Waals surface area contributed by atoms with E-state index in [1.165, 1.54) is 32.4 Å². The Kier molecular flexibility index (Phi) is 5.06. The third-order valence-corrected chi connectivity index (χ3v) is 3.72. The first-order valence-electron chi connectivity index (χ1n) is 7.79. The number of benzene rings is 1. The van der Waals surface area contributed by atoms with E-state index in [1.54, 1.807) is 18.2 Å². The first-order valence-corrected chi connectivity index (χ1v) is 7.79. The van der Waals surface area contributed by atoms with Crippen LogP contribution in [0.25, 0.3) is 0 Å². The van der Waals surface area contributed by atoms with Crippen LogP contribution in [0, 0.1) is 5.92 Å².